The number of amides is 2. The Morgan fingerprint density at radius 3 is 1.78 bits per heavy atom. The summed E-state index contributed by atoms with van der Waals surface area (Å²) in [6.07, 6.45) is -2.13. The van der Waals surface area contributed by atoms with Crippen molar-refractivity contribution in [3.8, 4) is 0 Å². The number of aryl methyl sites for hydroxylation is 1. The van der Waals surface area contributed by atoms with Crippen molar-refractivity contribution in [2.75, 3.05) is 4.90 Å². The molecule has 0 unspecified atom stereocenters. The molecule has 0 bridgehead atoms. The quantitative estimate of drug-likeness (QED) is 0.431. The Hall–Kier alpha value is -2.16. The Morgan fingerprint density at radius 1 is 1.04 bits per heavy atom. The average molecular weight is 445 g/mol. The van der Waals surface area contributed by atoms with Crippen LogP contribution in [0.1, 0.15) is 52.7 Å². The van der Waals surface area contributed by atoms with Gasteiger partial charge in [0.1, 0.15) is 11.2 Å². The Kier molecular flexibility index (Phi) is 6.64. The van der Waals surface area contributed by atoms with Crippen molar-refractivity contribution in [1.29, 1.82) is 0 Å². The molecule has 0 aliphatic carbocycles. The summed E-state index contributed by atoms with van der Waals surface area (Å²) in [6.45, 7) is 13.2. The van der Waals surface area contributed by atoms with E-state index in [1.165, 1.54) is 6.07 Å². The van der Waals surface area contributed by atoms with Crippen molar-refractivity contribution in [1.82, 2.24) is 0 Å². The predicted octanol–water partition coefficient (Wildman–Crippen LogP) is 5.65. The number of carbonyl (C=O) groups is 2. The fourth-order valence-electron chi connectivity index (χ4n) is 2.07. The monoisotopic (exact) mass is 444 g/mol. The van der Waals surface area contributed by atoms with Crippen LogP contribution in [0.2, 0.25) is 0 Å². The van der Waals surface area contributed by atoms with Gasteiger partial charge in [-0.25, -0.2) is 9.59 Å². The van der Waals surface area contributed by atoms with Gasteiger partial charge in [-0.05, 0) is 82.4 Å². The number of nitro benzene ring substituents is 1. The largest absolute Gasteiger partial charge is 0.443 e. The molecule has 0 fully saturated rings. The van der Waals surface area contributed by atoms with E-state index in [2.05, 4.69) is 15.9 Å². The lowest BCUT2D eigenvalue weighted by Gasteiger charge is -2.29. The minimum atomic E-state index is -1.07. The van der Waals surface area contributed by atoms with Crippen LogP contribution in [0.4, 0.5) is 21.0 Å². The number of anilines is 1. The molecule has 1 aromatic carbocycles. The van der Waals surface area contributed by atoms with Crippen LogP contribution in [0.5, 0.6) is 0 Å². The topological polar surface area (TPSA) is 99.0 Å². The van der Waals surface area contributed by atoms with Gasteiger partial charge >= 0.3 is 12.2 Å². The van der Waals surface area contributed by atoms with Crippen molar-refractivity contribution >= 4 is 39.5 Å². The molecule has 27 heavy (non-hydrogen) atoms. The van der Waals surface area contributed by atoms with E-state index < -0.39 is 34.0 Å². The number of rotatable bonds is 2. The van der Waals surface area contributed by atoms with Gasteiger partial charge in [0.2, 0.25) is 0 Å². The normalized spacial score (nSPS) is 11.7. The van der Waals surface area contributed by atoms with Gasteiger partial charge in [-0.3, -0.25) is 10.1 Å². The molecular weight excluding hydrogens is 420 g/mol. The summed E-state index contributed by atoms with van der Waals surface area (Å²) in [5.41, 5.74) is -1.21. The molecule has 9 heteroatoms. The molecule has 0 aliphatic heterocycles. The van der Waals surface area contributed by atoms with E-state index in [0.29, 0.717) is 16.0 Å². The lowest BCUT2D eigenvalue weighted by molar-refractivity contribution is -0.384. The van der Waals surface area contributed by atoms with Crippen LogP contribution in [-0.4, -0.2) is 28.3 Å². The number of carbonyl (C=O) groups excluding carboxylic acids is 2. The molecule has 8 nitrogen and oxygen atoms in total. The fourth-order valence-corrected chi connectivity index (χ4v) is 2.76. The van der Waals surface area contributed by atoms with E-state index in [1.807, 2.05) is 0 Å². The molecule has 0 heterocycles. The molecule has 0 atom stereocenters. The van der Waals surface area contributed by atoms with E-state index in [-0.39, 0.29) is 10.2 Å². The second kappa shape index (κ2) is 7.84. The highest BCUT2D eigenvalue weighted by Gasteiger charge is 2.38. The lowest BCUT2D eigenvalue weighted by atomic mass is 10.1. The number of hydrogen-bond donors (Lipinski definition) is 0. The van der Waals surface area contributed by atoms with Gasteiger partial charge in [0.25, 0.3) is 5.69 Å². The van der Waals surface area contributed by atoms with Gasteiger partial charge in [-0.15, -0.1) is 0 Å². The van der Waals surface area contributed by atoms with E-state index >= 15 is 0 Å². The Morgan fingerprint density at radius 2 is 1.44 bits per heavy atom. The summed E-state index contributed by atoms with van der Waals surface area (Å²) in [6, 6.07) is 1.30. The first-order valence-electron chi connectivity index (χ1n) is 8.25. The third kappa shape index (κ3) is 5.92. The molecule has 0 aliphatic rings. The fraction of sp³-hybridized carbons (Fsp3) is 0.556. The van der Waals surface area contributed by atoms with Gasteiger partial charge in [0, 0.05) is 6.07 Å². The number of imide groups is 1. The van der Waals surface area contributed by atoms with Crippen LogP contribution >= 0.6 is 15.9 Å². The first-order valence-corrected chi connectivity index (χ1v) is 9.04. The van der Waals surface area contributed by atoms with Gasteiger partial charge in [0.05, 0.1) is 9.40 Å². The number of hydrogen-bond acceptors (Lipinski definition) is 6. The highest BCUT2D eigenvalue weighted by Crippen LogP contribution is 2.41. The number of halogens is 1. The minimum Gasteiger partial charge on any atom is -0.443 e. The molecule has 2 amide bonds. The first kappa shape index (κ1) is 22.9. The van der Waals surface area contributed by atoms with Crippen LogP contribution < -0.4 is 4.90 Å². The zero-order chi connectivity index (χ0) is 21.3. The van der Waals surface area contributed by atoms with E-state index in [0.717, 1.165) is 0 Å². The van der Waals surface area contributed by atoms with Gasteiger partial charge in [-0.1, -0.05) is 0 Å². The predicted molar refractivity (Wildman–Crippen MR) is 105 cm³/mol. The Balaban J connectivity index is 3.70. The maximum Gasteiger partial charge on any atom is 0.424 e. The van der Waals surface area contributed by atoms with Crippen LogP contribution in [0, 0.1) is 24.0 Å². The van der Waals surface area contributed by atoms with Gasteiger partial charge in [-0.2, -0.15) is 4.90 Å². The van der Waals surface area contributed by atoms with Crippen LogP contribution in [0.15, 0.2) is 10.5 Å². The van der Waals surface area contributed by atoms with Gasteiger partial charge in [0.15, 0.2) is 5.69 Å². The van der Waals surface area contributed by atoms with Crippen molar-refractivity contribution in [3.05, 3.63) is 31.8 Å². The smallest absolute Gasteiger partial charge is 0.424 e. The summed E-state index contributed by atoms with van der Waals surface area (Å²) >= 11 is 3.29. The number of nitro groups is 1. The van der Waals surface area contributed by atoms with Crippen LogP contribution in [0.25, 0.3) is 0 Å². The van der Waals surface area contributed by atoms with Gasteiger partial charge < -0.3 is 9.47 Å². The molecule has 150 valence electrons. The summed E-state index contributed by atoms with van der Waals surface area (Å²) in [5.74, 6) is 0. The molecule has 0 saturated carbocycles. The number of benzene rings is 1. The summed E-state index contributed by atoms with van der Waals surface area (Å²) in [4.78, 5) is 37.1. The summed E-state index contributed by atoms with van der Waals surface area (Å²) in [7, 11) is 0. The summed E-state index contributed by atoms with van der Waals surface area (Å²) < 4.78 is 10.8. The zero-order valence-electron chi connectivity index (χ0n) is 16.8. The first-order chi connectivity index (χ1) is 12.0. The standard InChI is InChI=1S/C18H25BrN2O6/c1-10-9-12(21(24)25)14(13(19)11(10)2)20(15(22)26-17(3,4)5)16(23)27-18(6,7)8/h9H,1-8H3. The number of nitrogens with zero attached hydrogens (tertiary/aromatic N) is 2. The summed E-state index contributed by atoms with van der Waals surface area (Å²) in [5, 5.41) is 11.6. The Labute approximate surface area is 167 Å². The zero-order valence-corrected chi connectivity index (χ0v) is 18.4. The molecule has 0 saturated heterocycles. The molecule has 0 radical (unpaired) electrons. The second-order valence-electron chi connectivity index (χ2n) is 8.05. The minimum absolute atomic E-state index is 0.230. The van der Waals surface area contributed by atoms with E-state index in [4.69, 9.17) is 9.47 Å². The van der Waals surface area contributed by atoms with Crippen molar-refractivity contribution in [2.24, 2.45) is 0 Å². The van der Waals surface area contributed by atoms with Crippen molar-refractivity contribution in [3.63, 3.8) is 0 Å². The van der Waals surface area contributed by atoms with Crippen LogP contribution in [-0.2, 0) is 9.47 Å². The molecular formula is C18H25BrN2O6. The van der Waals surface area contributed by atoms with Crippen molar-refractivity contribution < 1.29 is 24.0 Å². The molecule has 1 rings (SSSR count). The highest BCUT2D eigenvalue weighted by atomic mass is 79.9. The maximum absolute atomic E-state index is 12.8. The SMILES string of the molecule is Cc1cc([N+](=O)[O-])c(N(C(=O)OC(C)(C)C)C(=O)OC(C)(C)C)c(Br)c1C. The van der Waals surface area contributed by atoms with Crippen LogP contribution in [0.3, 0.4) is 0 Å². The Bertz CT molecular complexity index is 750. The lowest BCUT2D eigenvalue weighted by Crippen LogP contribution is -2.44. The highest BCUT2D eigenvalue weighted by molar-refractivity contribution is 9.10. The second-order valence-corrected chi connectivity index (χ2v) is 8.85. The third-order valence-electron chi connectivity index (χ3n) is 3.30. The molecule has 0 aromatic heterocycles. The van der Waals surface area contributed by atoms with E-state index in [9.17, 15) is 19.7 Å². The van der Waals surface area contributed by atoms with Crippen molar-refractivity contribution in [2.45, 2.75) is 66.6 Å². The molecule has 0 spiro atoms. The van der Waals surface area contributed by atoms with E-state index in [1.54, 1.807) is 55.4 Å². The molecule has 0 N–H and O–H groups in total. The number of ether oxygens (including phenoxy) is 2. The maximum atomic E-state index is 12.8. The average Bonchev–Trinajstić information content (AvgIpc) is 2.43. The molecule has 1 aromatic rings. The third-order valence-corrected chi connectivity index (χ3v) is 4.27.